The van der Waals surface area contributed by atoms with Gasteiger partial charge in [0.05, 0.1) is 24.7 Å². The first-order valence-electron chi connectivity index (χ1n) is 9.59. The Balaban J connectivity index is 1.85. The van der Waals surface area contributed by atoms with E-state index in [0.717, 1.165) is 39.8 Å². The summed E-state index contributed by atoms with van der Waals surface area (Å²) < 4.78 is 8.60. The van der Waals surface area contributed by atoms with Gasteiger partial charge in [0.1, 0.15) is 5.75 Å². The number of hydrogen-bond acceptors (Lipinski definition) is 5. The van der Waals surface area contributed by atoms with Crippen LogP contribution in [0.3, 0.4) is 0 Å². The summed E-state index contributed by atoms with van der Waals surface area (Å²) in [6.45, 7) is 7.58. The lowest BCUT2D eigenvalue weighted by Crippen LogP contribution is -2.04. The molecule has 1 aromatic heterocycles. The lowest BCUT2D eigenvalue weighted by atomic mass is 10.1. The summed E-state index contributed by atoms with van der Waals surface area (Å²) in [5.41, 5.74) is 5.01. The van der Waals surface area contributed by atoms with E-state index in [4.69, 9.17) is 9.72 Å². The number of hydrogen-bond donors (Lipinski definition) is 1. The maximum atomic E-state index is 5.25. The van der Waals surface area contributed by atoms with E-state index < -0.39 is 0 Å². The lowest BCUT2D eigenvalue weighted by molar-refractivity contribution is 0.415. The Morgan fingerprint density at radius 3 is 2.53 bits per heavy atom. The van der Waals surface area contributed by atoms with Gasteiger partial charge in [-0.1, -0.05) is 61.7 Å². The Morgan fingerprint density at radius 1 is 1.10 bits per heavy atom. The van der Waals surface area contributed by atoms with Crippen LogP contribution in [0, 0.1) is 0 Å². The standard InChI is InChI=1S/C25H25N3OS/c1-4-9-19(5-2)18-30-28-25-23(16-20-10-7-6-8-11-20)27-24(17-26-25)21-12-14-22(29-3)15-13-21/h4-15,17H,1-2,16,18H2,3H3,(H,26,28)/b19-9+. The van der Waals surface area contributed by atoms with Crippen molar-refractivity contribution >= 4 is 17.8 Å². The fraction of sp³-hybridized carbons (Fsp3) is 0.120. The molecule has 4 nitrogen and oxygen atoms in total. The number of rotatable bonds is 10. The minimum Gasteiger partial charge on any atom is -0.497 e. The first-order chi connectivity index (χ1) is 14.7. The van der Waals surface area contributed by atoms with E-state index in [0.29, 0.717) is 6.42 Å². The molecule has 0 bridgehead atoms. The molecule has 0 unspecified atom stereocenters. The summed E-state index contributed by atoms with van der Waals surface area (Å²) in [5.74, 6) is 2.34. The smallest absolute Gasteiger partial charge is 0.158 e. The summed E-state index contributed by atoms with van der Waals surface area (Å²) in [5, 5.41) is 0. The molecule has 0 amide bonds. The van der Waals surface area contributed by atoms with Crippen molar-refractivity contribution in [2.24, 2.45) is 0 Å². The largest absolute Gasteiger partial charge is 0.497 e. The van der Waals surface area contributed by atoms with Crippen molar-refractivity contribution in [1.82, 2.24) is 9.97 Å². The zero-order valence-electron chi connectivity index (χ0n) is 17.0. The average Bonchev–Trinajstić information content (AvgIpc) is 2.80. The Hall–Kier alpha value is -3.31. The quantitative estimate of drug-likeness (QED) is 0.320. The molecule has 0 aliphatic rings. The van der Waals surface area contributed by atoms with Gasteiger partial charge in [-0.05, 0) is 47.3 Å². The Morgan fingerprint density at radius 2 is 1.87 bits per heavy atom. The van der Waals surface area contributed by atoms with E-state index in [9.17, 15) is 0 Å². The maximum Gasteiger partial charge on any atom is 0.158 e. The van der Waals surface area contributed by atoms with Crippen molar-refractivity contribution in [3.63, 3.8) is 0 Å². The second-order valence-corrected chi connectivity index (χ2v) is 7.30. The molecule has 3 rings (SSSR count). The molecule has 5 heteroatoms. The summed E-state index contributed by atoms with van der Waals surface area (Å²) in [4.78, 5) is 9.59. The number of aromatic nitrogens is 2. The molecule has 30 heavy (non-hydrogen) atoms. The number of benzene rings is 2. The van der Waals surface area contributed by atoms with Crippen LogP contribution < -0.4 is 9.46 Å². The van der Waals surface area contributed by atoms with Gasteiger partial charge in [0.15, 0.2) is 5.82 Å². The summed E-state index contributed by atoms with van der Waals surface area (Å²) >= 11 is 1.55. The predicted octanol–water partition coefficient (Wildman–Crippen LogP) is 6.10. The van der Waals surface area contributed by atoms with Crippen LogP contribution in [0.15, 0.2) is 97.8 Å². The van der Waals surface area contributed by atoms with Crippen LogP contribution in [-0.4, -0.2) is 22.8 Å². The lowest BCUT2D eigenvalue weighted by Gasteiger charge is -2.12. The van der Waals surface area contributed by atoms with E-state index in [1.165, 1.54) is 5.56 Å². The zero-order chi connectivity index (χ0) is 21.2. The number of anilines is 1. The monoisotopic (exact) mass is 415 g/mol. The molecular weight excluding hydrogens is 390 g/mol. The van der Waals surface area contributed by atoms with E-state index in [2.05, 4.69) is 35.0 Å². The predicted molar refractivity (Wildman–Crippen MR) is 128 cm³/mol. The van der Waals surface area contributed by atoms with Crippen molar-refractivity contribution in [3.05, 3.63) is 109 Å². The van der Waals surface area contributed by atoms with Gasteiger partial charge in [-0.25, -0.2) is 9.97 Å². The molecule has 0 aliphatic heterocycles. The normalized spacial score (nSPS) is 11.0. The molecule has 0 spiro atoms. The third-order valence-electron chi connectivity index (χ3n) is 4.45. The van der Waals surface area contributed by atoms with Gasteiger partial charge in [-0.3, -0.25) is 0 Å². The Labute approximate surface area is 182 Å². The van der Waals surface area contributed by atoms with Crippen LogP contribution >= 0.6 is 11.9 Å². The maximum absolute atomic E-state index is 5.25. The molecule has 152 valence electrons. The van der Waals surface area contributed by atoms with Crippen LogP contribution in [0.25, 0.3) is 11.3 Å². The number of nitrogens with one attached hydrogen (secondary N) is 1. The average molecular weight is 416 g/mol. The topological polar surface area (TPSA) is 47.0 Å². The SMILES string of the molecule is C=C/C=C(\C=C)CSNc1ncc(-c2ccc(OC)cc2)nc1Cc1ccccc1. The van der Waals surface area contributed by atoms with Gasteiger partial charge in [-0.15, -0.1) is 0 Å². The number of allylic oxidation sites excluding steroid dienone is 3. The number of methoxy groups -OCH3 is 1. The van der Waals surface area contributed by atoms with Crippen molar-refractivity contribution in [2.45, 2.75) is 6.42 Å². The summed E-state index contributed by atoms with van der Waals surface area (Å²) in [7, 11) is 1.66. The third-order valence-corrected chi connectivity index (χ3v) is 5.26. The van der Waals surface area contributed by atoms with Crippen molar-refractivity contribution in [1.29, 1.82) is 0 Å². The van der Waals surface area contributed by atoms with E-state index in [1.54, 1.807) is 31.3 Å². The van der Waals surface area contributed by atoms with Crippen LogP contribution in [0.2, 0.25) is 0 Å². The van der Waals surface area contributed by atoms with Gasteiger partial charge in [0.25, 0.3) is 0 Å². The highest BCUT2D eigenvalue weighted by Crippen LogP contribution is 2.25. The van der Waals surface area contributed by atoms with Crippen LogP contribution in [0.4, 0.5) is 5.82 Å². The molecule has 3 aromatic rings. The fourth-order valence-corrected chi connectivity index (χ4v) is 3.60. The minimum atomic E-state index is 0.692. The summed E-state index contributed by atoms with van der Waals surface area (Å²) in [6, 6.07) is 18.1. The van der Waals surface area contributed by atoms with Gasteiger partial charge >= 0.3 is 0 Å². The highest BCUT2D eigenvalue weighted by Gasteiger charge is 2.11. The molecule has 0 atom stereocenters. The van der Waals surface area contributed by atoms with Crippen molar-refractivity contribution in [2.75, 3.05) is 17.6 Å². The van der Waals surface area contributed by atoms with Gasteiger partial charge < -0.3 is 9.46 Å². The van der Waals surface area contributed by atoms with Crippen LogP contribution in [-0.2, 0) is 6.42 Å². The van der Waals surface area contributed by atoms with Gasteiger partial charge in [0.2, 0.25) is 0 Å². The molecule has 1 N–H and O–H groups in total. The first kappa shape index (κ1) is 21.4. The molecule has 0 radical (unpaired) electrons. The van der Waals surface area contributed by atoms with Crippen molar-refractivity contribution < 1.29 is 4.74 Å². The van der Waals surface area contributed by atoms with Gasteiger partial charge in [-0.2, -0.15) is 0 Å². The molecule has 0 saturated heterocycles. The van der Waals surface area contributed by atoms with E-state index >= 15 is 0 Å². The molecule has 2 aromatic carbocycles. The van der Waals surface area contributed by atoms with Crippen LogP contribution in [0.1, 0.15) is 11.3 Å². The first-order valence-corrected chi connectivity index (χ1v) is 10.6. The second-order valence-electron chi connectivity index (χ2n) is 6.51. The summed E-state index contributed by atoms with van der Waals surface area (Å²) in [6.07, 6.45) is 8.04. The molecule has 0 aliphatic carbocycles. The Bertz CT molecular complexity index is 1010. The number of ether oxygens (including phenoxy) is 1. The Kier molecular flexibility index (Phi) is 7.86. The molecule has 0 saturated carbocycles. The van der Waals surface area contributed by atoms with E-state index in [-0.39, 0.29) is 0 Å². The second kappa shape index (κ2) is 11.0. The zero-order valence-corrected chi connectivity index (χ0v) is 17.9. The third kappa shape index (κ3) is 5.84. The van der Waals surface area contributed by atoms with Crippen molar-refractivity contribution in [3.8, 4) is 17.0 Å². The fourth-order valence-electron chi connectivity index (χ4n) is 2.84. The highest BCUT2D eigenvalue weighted by atomic mass is 32.2. The molecule has 0 fully saturated rings. The highest BCUT2D eigenvalue weighted by molar-refractivity contribution is 8.00. The molecule has 1 heterocycles. The van der Waals surface area contributed by atoms with Gasteiger partial charge in [0, 0.05) is 17.7 Å². The number of nitrogens with zero attached hydrogens (tertiary/aromatic N) is 2. The van der Waals surface area contributed by atoms with Crippen LogP contribution in [0.5, 0.6) is 5.75 Å². The minimum absolute atomic E-state index is 0.692. The van der Waals surface area contributed by atoms with E-state index in [1.807, 2.05) is 54.6 Å². The molecular formula is C25H25N3OS.